The zero-order chi connectivity index (χ0) is 13.6. The van der Waals surface area contributed by atoms with Gasteiger partial charge in [-0.05, 0) is 30.9 Å². The normalized spacial score (nSPS) is 13.2. The number of hydrogen-bond donors (Lipinski definition) is 2. The number of aliphatic hydroxyl groups excluding tert-OH is 1. The molecule has 18 heavy (non-hydrogen) atoms. The van der Waals surface area contributed by atoms with Gasteiger partial charge in [0.05, 0.1) is 12.7 Å². The fourth-order valence-corrected chi connectivity index (χ4v) is 1.79. The van der Waals surface area contributed by atoms with Crippen molar-refractivity contribution in [2.75, 3.05) is 18.5 Å². The summed E-state index contributed by atoms with van der Waals surface area (Å²) in [6.07, 6.45) is 2.07. The van der Waals surface area contributed by atoms with Crippen LogP contribution in [0.2, 0.25) is 0 Å². The highest BCUT2D eigenvalue weighted by atomic mass is 16.5. The number of anilines is 1. The fraction of sp³-hybridized carbons (Fsp3) is 0.643. The first kappa shape index (κ1) is 14.8. The Kier molecular flexibility index (Phi) is 5.41. The molecule has 0 amide bonds. The molecule has 4 nitrogen and oxygen atoms in total. The van der Waals surface area contributed by atoms with Gasteiger partial charge in [-0.1, -0.05) is 20.8 Å². The molecular formula is C14H24N2O2. The molecule has 0 bridgehead atoms. The van der Waals surface area contributed by atoms with Crippen LogP contribution in [0.25, 0.3) is 0 Å². The number of ether oxygens (including phenoxy) is 1. The van der Waals surface area contributed by atoms with E-state index >= 15 is 0 Å². The second-order valence-electron chi connectivity index (χ2n) is 5.58. The Labute approximate surface area is 109 Å². The third-order valence-corrected chi connectivity index (χ3v) is 2.42. The van der Waals surface area contributed by atoms with Crippen LogP contribution in [0.4, 0.5) is 5.82 Å². The highest BCUT2D eigenvalue weighted by molar-refractivity contribution is 5.49. The van der Waals surface area contributed by atoms with Gasteiger partial charge < -0.3 is 15.2 Å². The molecule has 1 aromatic rings. The number of hydrogen-bond acceptors (Lipinski definition) is 4. The molecule has 0 aliphatic heterocycles. The SMILES string of the molecule is CCOc1cccnc1NCC(O)CC(C)(C)C. The minimum atomic E-state index is -0.388. The molecule has 1 heterocycles. The maximum absolute atomic E-state index is 9.94. The largest absolute Gasteiger partial charge is 0.490 e. The standard InChI is InChI=1S/C14H24N2O2/c1-5-18-12-7-6-8-15-13(12)16-10-11(17)9-14(2,3)4/h6-8,11,17H,5,9-10H2,1-4H3,(H,15,16). The lowest BCUT2D eigenvalue weighted by atomic mass is 9.89. The van der Waals surface area contributed by atoms with Crippen LogP contribution in [0, 0.1) is 5.41 Å². The predicted octanol–water partition coefficient (Wildman–Crippen LogP) is 2.69. The van der Waals surface area contributed by atoms with Crippen molar-refractivity contribution >= 4 is 5.82 Å². The molecule has 0 aromatic carbocycles. The van der Waals surface area contributed by atoms with E-state index in [9.17, 15) is 5.11 Å². The lowest BCUT2D eigenvalue weighted by Crippen LogP contribution is -2.25. The topological polar surface area (TPSA) is 54.4 Å². The maximum Gasteiger partial charge on any atom is 0.168 e. The third kappa shape index (κ3) is 5.36. The number of rotatable bonds is 6. The van der Waals surface area contributed by atoms with E-state index in [0.29, 0.717) is 19.0 Å². The molecule has 1 unspecified atom stereocenters. The van der Waals surface area contributed by atoms with E-state index in [2.05, 4.69) is 31.1 Å². The Morgan fingerprint density at radius 3 is 2.78 bits per heavy atom. The summed E-state index contributed by atoms with van der Waals surface area (Å²) in [5.41, 5.74) is 0.119. The predicted molar refractivity (Wildman–Crippen MR) is 74.0 cm³/mol. The Balaban J connectivity index is 2.52. The number of pyridine rings is 1. The highest BCUT2D eigenvalue weighted by Gasteiger charge is 2.17. The van der Waals surface area contributed by atoms with Gasteiger partial charge >= 0.3 is 0 Å². The zero-order valence-corrected chi connectivity index (χ0v) is 11.7. The average molecular weight is 252 g/mol. The van der Waals surface area contributed by atoms with Gasteiger partial charge in [-0.15, -0.1) is 0 Å². The summed E-state index contributed by atoms with van der Waals surface area (Å²) in [5.74, 6) is 1.41. The van der Waals surface area contributed by atoms with Crippen LogP contribution >= 0.6 is 0 Å². The van der Waals surface area contributed by atoms with Crippen LogP contribution in [0.5, 0.6) is 5.75 Å². The van der Waals surface area contributed by atoms with Crippen LogP contribution < -0.4 is 10.1 Å². The first-order valence-corrected chi connectivity index (χ1v) is 6.42. The van der Waals surface area contributed by atoms with Crippen molar-refractivity contribution in [3.8, 4) is 5.75 Å². The molecule has 0 saturated carbocycles. The Morgan fingerprint density at radius 1 is 1.44 bits per heavy atom. The quantitative estimate of drug-likeness (QED) is 0.817. The number of nitrogens with one attached hydrogen (secondary N) is 1. The molecule has 1 rings (SSSR count). The Bertz CT molecular complexity index is 361. The molecule has 0 aliphatic carbocycles. The minimum absolute atomic E-state index is 0.119. The summed E-state index contributed by atoms with van der Waals surface area (Å²) in [7, 11) is 0. The molecule has 0 fully saturated rings. The van der Waals surface area contributed by atoms with Crippen LogP contribution in [0.1, 0.15) is 34.1 Å². The molecule has 4 heteroatoms. The van der Waals surface area contributed by atoms with Gasteiger partial charge in [0.25, 0.3) is 0 Å². The van der Waals surface area contributed by atoms with Crippen LogP contribution in [0.3, 0.4) is 0 Å². The van der Waals surface area contributed by atoms with E-state index in [1.54, 1.807) is 6.20 Å². The van der Waals surface area contributed by atoms with Gasteiger partial charge in [0, 0.05) is 12.7 Å². The number of aliphatic hydroxyl groups is 1. The second-order valence-corrected chi connectivity index (χ2v) is 5.58. The minimum Gasteiger partial charge on any atom is -0.490 e. The molecule has 0 spiro atoms. The van der Waals surface area contributed by atoms with E-state index in [1.165, 1.54) is 0 Å². The van der Waals surface area contributed by atoms with Crippen LogP contribution in [-0.4, -0.2) is 29.3 Å². The molecule has 1 aromatic heterocycles. The summed E-state index contributed by atoms with van der Waals surface area (Å²) in [5, 5.41) is 13.1. The van der Waals surface area contributed by atoms with E-state index < -0.39 is 0 Å². The summed E-state index contributed by atoms with van der Waals surface area (Å²) in [6.45, 7) is 9.36. The summed E-state index contributed by atoms with van der Waals surface area (Å²) in [4.78, 5) is 4.22. The molecule has 0 aliphatic rings. The smallest absolute Gasteiger partial charge is 0.168 e. The van der Waals surface area contributed by atoms with Crippen LogP contribution in [0.15, 0.2) is 18.3 Å². The maximum atomic E-state index is 9.94. The van der Waals surface area contributed by atoms with Crippen molar-refractivity contribution in [3.63, 3.8) is 0 Å². The molecular weight excluding hydrogens is 228 g/mol. The first-order chi connectivity index (χ1) is 8.42. The van der Waals surface area contributed by atoms with Crippen molar-refractivity contribution in [3.05, 3.63) is 18.3 Å². The van der Waals surface area contributed by atoms with Gasteiger partial charge in [0.1, 0.15) is 0 Å². The Hall–Kier alpha value is -1.29. The Morgan fingerprint density at radius 2 is 2.17 bits per heavy atom. The molecule has 102 valence electrons. The number of aromatic nitrogens is 1. The van der Waals surface area contributed by atoms with Crippen molar-refractivity contribution < 1.29 is 9.84 Å². The van der Waals surface area contributed by atoms with Crippen molar-refractivity contribution in [1.29, 1.82) is 0 Å². The van der Waals surface area contributed by atoms with E-state index in [-0.39, 0.29) is 11.5 Å². The highest BCUT2D eigenvalue weighted by Crippen LogP contribution is 2.23. The van der Waals surface area contributed by atoms with Gasteiger partial charge in [-0.3, -0.25) is 0 Å². The summed E-state index contributed by atoms with van der Waals surface area (Å²) < 4.78 is 5.46. The summed E-state index contributed by atoms with van der Waals surface area (Å²) >= 11 is 0. The molecule has 2 N–H and O–H groups in total. The zero-order valence-electron chi connectivity index (χ0n) is 11.7. The van der Waals surface area contributed by atoms with Gasteiger partial charge in [0.2, 0.25) is 0 Å². The fourth-order valence-electron chi connectivity index (χ4n) is 1.79. The monoisotopic (exact) mass is 252 g/mol. The lowest BCUT2D eigenvalue weighted by molar-refractivity contribution is 0.132. The first-order valence-electron chi connectivity index (χ1n) is 6.42. The summed E-state index contributed by atoms with van der Waals surface area (Å²) in [6, 6.07) is 3.71. The van der Waals surface area contributed by atoms with Crippen molar-refractivity contribution in [1.82, 2.24) is 4.98 Å². The second kappa shape index (κ2) is 6.59. The lowest BCUT2D eigenvalue weighted by Gasteiger charge is -2.22. The van der Waals surface area contributed by atoms with Crippen molar-refractivity contribution in [2.24, 2.45) is 5.41 Å². The van der Waals surface area contributed by atoms with E-state index in [0.717, 1.165) is 12.2 Å². The van der Waals surface area contributed by atoms with Gasteiger partial charge in [-0.2, -0.15) is 0 Å². The van der Waals surface area contributed by atoms with Crippen LogP contribution in [-0.2, 0) is 0 Å². The molecule has 0 radical (unpaired) electrons. The third-order valence-electron chi connectivity index (χ3n) is 2.42. The van der Waals surface area contributed by atoms with E-state index in [1.807, 2.05) is 19.1 Å². The van der Waals surface area contributed by atoms with Gasteiger partial charge in [0.15, 0.2) is 11.6 Å². The average Bonchev–Trinajstić information content (AvgIpc) is 2.26. The van der Waals surface area contributed by atoms with Crippen molar-refractivity contribution in [2.45, 2.75) is 40.2 Å². The molecule has 1 atom stereocenters. The number of nitrogens with zero attached hydrogens (tertiary/aromatic N) is 1. The van der Waals surface area contributed by atoms with E-state index in [4.69, 9.17) is 4.74 Å². The molecule has 0 saturated heterocycles. The van der Waals surface area contributed by atoms with Gasteiger partial charge in [-0.25, -0.2) is 4.98 Å².